The van der Waals surface area contributed by atoms with Crippen LogP contribution in [0.3, 0.4) is 0 Å². The normalized spacial score (nSPS) is 19.7. The largest absolute Gasteiger partial charge is 0.473 e. The molecule has 4 heteroatoms. The van der Waals surface area contributed by atoms with Crippen LogP contribution < -0.4 is 10.1 Å². The highest BCUT2D eigenvalue weighted by Crippen LogP contribution is 2.35. The summed E-state index contributed by atoms with van der Waals surface area (Å²) in [6, 6.07) is 14.0. The predicted molar refractivity (Wildman–Crippen MR) is 89.1 cm³/mol. The number of carbonyl (C=O) groups excluding carboxylic acids is 1. The van der Waals surface area contributed by atoms with Crippen molar-refractivity contribution < 1.29 is 9.53 Å². The molecule has 2 aromatic rings. The first-order valence-electron chi connectivity index (χ1n) is 8.03. The molecule has 1 heterocycles. The van der Waals surface area contributed by atoms with Crippen molar-refractivity contribution in [3.63, 3.8) is 0 Å². The number of amides is 1. The monoisotopic (exact) mass is 310 g/mol. The summed E-state index contributed by atoms with van der Waals surface area (Å²) < 4.78 is 5.81. The lowest BCUT2D eigenvalue weighted by Gasteiger charge is -2.36. The number of fused-ring (bicyclic) bond motifs is 1. The number of carbonyl (C=O) groups is 1. The smallest absolute Gasteiger partial charge is 0.217 e. The number of pyridine rings is 1. The molecule has 0 spiro atoms. The number of aryl methyl sites for hydroxylation is 1. The van der Waals surface area contributed by atoms with Gasteiger partial charge in [-0.3, -0.25) is 4.79 Å². The summed E-state index contributed by atoms with van der Waals surface area (Å²) in [7, 11) is 0. The first kappa shape index (κ1) is 15.5. The molecule has 1 aliphatic carbocycles. The Hall–Kier alpha value is -2.36. The Labute approximate surface area is 136 Å². The molecule has 0 bridgehead atoms. The third-order valence-corrected chi connectivity index (χ3v) is 4.31. The number of hydrogen-bond donors (Lipinski definition) is 1. The van der Waals surface area contributed by atoms with Gasteiger partial charge >= 0.3 is 0 Å². The summed E-state index contributed by atoms with van der Waals surface area (Å²) in [4.78, 5) is 16.2. The first-order valence-corrected chi connectivity index (χ1v) is 8.03. The fraction of sp³-hybridized carbons (Fsp3) is 0.368. The van der Waals surface area contributed by atoms with Crippen LogP contribution in [0.25, 0.3) is 0 Å². The van der Waals surface area contributed by atoms with Gasteiger partial charge in [-0.25, -0.2) is 4.98 Å². The average molecular weight is 310 g/mol. The molecule has 1 aromatic carbocycles. The van der Waals surface area contributed by atoms with Crippen LogP contribution in [0.2, 0.25) is 0 Å². The van der Waals surface area contributed by atoms with Gasteiger partial charge in [0.1, 0.15) is 6.61 Å². The van der Waals surface area contributed by atoms with Gasteiger partial charge in [0, 0.05) is 18.7 Å². The van der Waals surface area contributed by atoms with E-state index in [0.717, 1.165) is 36.1 Å². The van der Waals surface area contributed by atoms with Gasteiger partial charge in [-0.05, 0) is 43.4 Å². The molecular weight excluding hydrogens is 288 g/mol. The summed E-state index contributed by atoms with van der Waals surface area (Å²) in [5.41, 5.74) is 2.92. The molecule has 3 rings (SSSR count). The third-order valence-electron chi connectivity index (χ3n) is 4.31. The zero-order valence-corrected chi connectivity index (χ0v) is 13.6. The molecule has 0 saturated heterocycles. The molecule has 1 atom stereocenters. The van der Waals surface area contributed by atoms with Crippen LogP contribution in [-0.4, -0.2) is 10.9 Å². The van der Waals surface area contributed by atoms with Crippen molar-refractivity contribution in [1.82, 2.24) is 10.3 Å². The van der Waals surface area contributed by atoms with E-state index < -0.39 is 0 Å². The van der Waals surface area contributed by atoms with Gasteiger partial charge in [0.2, 0.25) is 11.8 Å². The number of nitrogens with one attached hydrogen (secondary N) is 1. The maximum Gasteiger partial charge on any atom is 0.217 e. The van der Waals surface area contributed by atoms with E-state index in [1.165, 1.54) is 0 Å². The van der Waals surface area contributed by atoms with Gasteiger partial charge in [0.05, 0.1) is 5.54 Å². The highest BCUT2D eigenvalue weighted by Gasteiger charge is 2.33. The molecule has 0 radical (unpaired) electrons. The Morgan fingerprint density at radius 2 is 2.04 bits per heavy atom. The van der Waals surface area contributed by atoms with E-state index in [-0.39, 0.29) is 11.4 Å². The third kappa shape index (κ3) is 3.52. The van der Waals surface area contributed by atoms with Crippen LogP contribution >= 0.6 is 0 Å². The van der Waals surface area contributed by atoms with Crippen molar-refractivity contribution in [2.24, 2.45) is 0 Å². The predicted octanol–water partition coefficient (Wildman–Crippen LogP) is 3.35. The van der Waals surface area contributed by atoms with Gasteiger partial charge < -0.3 is 10.1 Å². The average Bonchev–Trinajstić information content (AvgIpc) is 2.53. The number of nitrogens with zero attached hydrogens (tertiary/aromatic N) is 1. The van der Waals surface area contributed by atoms with E-state index in [9.17, 15) is 4.79 Å². The summed E-state index contributed by atoms with van der Waals surface area (Å²) in [5, 5.41) is 3.07. The van der Waals surface area contributed by atoms with Crippen molar-refractivity contribution in [2.45, 2.75) is 45.3 Å². The van der Waals surface area contributed by atoms with E-state index in [0.29, 0.717) is 12.5 Å². The van der Waals surface area contributed by atoms with Crippen molar-refractivity contribution in [3.05, 3.63) is 59.3 Å². The fourth-order valence-electron chi connectivity index (χ4n) is 3.25. The zero-order valence-electron chi connectivity index (χ0n) is 13.6. The SMILES string of the molecule is CC(=O)NC1(C)CCCc2nc(OCc3ccccc3)ccc21. The van der Waals surface area contributed by atoms with Gasteiger partial charge in [0.25, 0.3) is 0 Å². The van der Waals surface area contributed by atoms with Crippen molar-refractivity contribution in [3.8, 4) is 5.88 Å². The van der Waals surface area contributed by atoms with Crippen LogP contribution in [0.1, 0.15) is 43.5 Å². The lowest BCUT2D eigenvalue weighted by Crippen LogP contribution is -2.44. The standard InChI is InChI=1S/C19H22N2O2/c1-14(22)21-19(2)12-6-9-17-16(19)10-11-18(20-17)23-13-15-7-4-3-5-8-15/h3-5,7-8,10-11H,6,9,12-13H2,1-2H3,(H,21,22). The molecule has 1 aromatic heterocycles. The van der Waals surface area contributed by atoms with Crippen LogP contribution in [0.4, 0.5) is 0 Å². The Kier molecular flexibility index (Phi) is 4.33. The molecule has 0 fully saturated rings. The molecular formula is C19H22N2O2. The lowest BCUT2D eigenvalue weighted by molar-refractivity contribution is -0.121. The molecule has 0 saturated carbocycles. The molecule has 23 heavy (non-hydrogen) atoms. The van der Waals surface area contributed by atoms with Gasteiger partial charge in [0.15, 0.2) is 0 Å². The quantitative estimate of drug-likeness (QED) is 0.942. The van der Waals surface area contributed by atoms with E-state index in [1.807, 2.05) is 42.5 Å². The van der Waals surface area contributed by atoms with E-state index in [1.54, 1.807) is 6.92 Å². The van der Waals surface area contributed by atoms with Crippen LogP contribution in [0.5, 0.6) is 5.88 Å². The Bertz CT molecular complexity index is 700. The molecule has 1 aliphatic rings. The van der Waals surface area contributed by atoms with Gasteiger partial charge in [-0.15, -0.1) is 0 Å². The van der Waals surface area contributed by atoms with Crippen LogP contribution in [-0.2, 0) is 23.4 Å². The minimum atomic E-state index is -0.329. The number of aromatic nitrogens is 1. The van der Waals surface area contributed by atoms with Gasteiger partial charge in [-0.1, -0.05) is 30.3 Å². The molecule has 4 nitrogen and oxygen atoms in total. The highest BCUT2D eigenvalue weighted by atomic mass is 16.5. The number of ether oxygens (including phenoxy) is 1. The van der Waals surface area contributed by atoms with Crippen LogP contribution in [0, 0.1) is 0 Å². The molecule has 120 valence electrons. The summed E-state index contributed by atoms with van der Waals surface area (Å²) in [5.74, 6) is 0.629. The van der Waals surface area contributed by atoms with E-state index in [2.05, 4.69) is 17.2 Å². The summed E-state index contributed by atoms with van der Waals surface area (Å²) in [6.07, 6.45) is 2.87. The number of hydrogen-bond acceptors (Lipinski definition) is 3. The lowest BCUT2D eigenvalue weighted by atomic mass is 9.80. The summed E-state index contributed by atoms with van der Waals surface area (Å²) >= 11 is 0. The van der Waals surface area contributed by atoms with Crippen molar-refractivity contribution in [1.29, 1.82) is 0 Å². The zero-order chi connectivity index (χ0) is 16.3. The van der Waals surface area contributed by atoms with Crippen molar-refractivity contribution in [2.75, 3.05) is 0 Å². The minimum absolute atomic E-state index is 0.00949. The van der Waals surface area contributed by atoms with Gasteiger partial charge in [-0.2, -0.15) is 0 Å². The fourth-order valence-corrected chi connectivity index (χ4v) is 3.25. The van der Waals surface area contributed by atoms with Crippen LogP contribution in [0.15, 0.2) is 42.5 Å². The molecule has 1 unspecified atom stereocenters. The maximum absolute atomic E-state index is 11.5. The topological polar surface area (TPSA) is 51.2 Å². The second-order valence-corrected chi connectivity index (χ2v) is 6.28. The minimum Gasteiger partial charge on any atom is -0.473 e. The van der Waals surface area contributed by atoms with E-state index in [4.69, 9.17) is 4.74 Å². The second-order valence-electron chi connectivity index (χ2n) is 6.28. The van der Waals surface area contributed by atoms with Crippen molar-refractivity contribution >= 4 is 5.91 Å². The highest BCUT2D eigenvalue weighted by molar-refractivity contribution is 5.74. The molecule has 0 aliphatic heterocycles. The summed E-state index contributed by atoms with van der Waals surface area (Å²) in [6.45, 7) is 4.14. The second kappa shape index (κ2) is 6.41. The Morgan fingerprint density at radius 1 is 1.26 bits per heavy atom. The number of benzene rings is 1. The number of rotatable bonds is 4. The molecule has 1 amide bonds. The molecule has 1 N–H and O–H groups in total. The Balaban J connectivity index is 1.78. The maximum atomic E-state index is 11.5. The Morgan fingerprint density at radius 3 is 2.78 bits per heavy atom. The first-order chi connectivity index (χ1) is 11.1. The van der Waals surface area contributed by atoms with E-state index >= 15 is 0 Å².